The van der Waals surface area contributed by atoms with Gasteiger partial charge in [0.2, 0.25) is 21.9 Å². The maximum Gasteiger partial charge on any atom is 0.323 e. The van der Waals surface area contributed by atoms with Gasteiger partial charge in [-0.15, -0.1) is 0 Å². The number of fused-ring (bicyclic) bond motifs is 1. The molecule has 5 aromatic rings. The van der Waals surface area contributed by atoms with Crippen LogP contribution in [0.1, 0.15) is 42.3 Å². The van der Waals surface area contributed by atoms with Crippen LogP contribution in [0.5, 0.6) is 17.4 Å². The number of nitrogens with zero attached hydrogens (tertiary/aromatic N) is 3. The molecule has 0 bridgehead atoms. The highest BCUT2D eigenvalue weighted by Crippen LogP contribution is 2.40. The third kappa shape index (κ3) is 11.1. The molecule has 6 rings (SSSR count). The molecule has 3 amide bonds. The summed E-state index contributed by atoms with van der Waals surface area (Å²) in [5.74, 6) is 1.18. The largest absolute Gasteiger partial charge is 0.492 e. The number of methoxy groups -OCH3 is 1. The Morgan fingerprint density at radius 1 is 0.895 bits per heavy atom. The second-order valence-corrected chi connectivity index (χ2v) is 16.3. The van der Waals surface area contributed by atoms with Crippen LogP contribution in [-0.2, 0) is 26.7 Å². The lowest BCUT2D eigenvalue weighted by Crippen LogP contribution is -2.41. The van der Waals surface area contributed by atoms with Gasteiger partial charge >= 0.3 is 6.03 Å². The van der Waals surface area contributed by atoms with Crippen molar-refractivity contribution in [2.24, 2.45) is 0 Å². The first-order chi connectivity index (χ1) is 27.3. The lowest BCUT2D eigenvalue weighted by atomic mass is 9.86. The highest BCUT2D eigenvalue weighted by molar-refractivity contribution is 7.92. The molecule has 0 atom stereocenters. The summed E-state index contributed by atoms with van der Waals surface area (Å²) in [6.07, 6.45) is 2.64. The molecule has 57 heavy (non-hydrogen) atoms. The number of benzene rings is 4. The van der Waals surface area contributed by atoms with Crippen molar-refractivity contribution in [3.8, 4) is 17.4 Å². The molecule has 0 spiro atoms. The van der Waals surface area contributed by atoms with Crippen molar-refractivity contribution in [1.29, 1.82) is 0 Å². The van der Waals surface area contributed by atoms with Crippen molar-refractivity contribution in [3.63, 3.8) is 0 Å². The number of urea groups is 1. The highest BCUT2D eigenvalue weighted by atomic mass is 32.2. The first-order valence-electron chi connectivity index (χ1n) is 18.5. The summed E-state index contributed by atoms with van der Waals surface area (Å²) in [5.41, 5.74) is 2.88. The second-order valence-electron chi connectivity index (χ2n) is 14.5. The van der Waals surface area contributed by atoms with Crippen LogP contribution in [0.15, 0.2) is 85.1 Å². The van der Waals surface area contributed by atoms with Crippen LogP contribution in [-0.4, -0.2) is 88.0 Å². The molecule has 1 saturated heterocycles. The molecular formula is C41H48N8O7S. The molecular weight excluding hydrogens is 749 g/mol. The van der Waals surface area contributed by atoms with E-state index in [4.69, 9.17) is 14.2 Å². The van der Waals surface area contributed by atoms with E-state index in [1.54, 1.807) is 42.6 Å². The predicted molar refractivity (Wildman–Crippen MR) is 222 cm³/mol. The van der Waals surface area contributed by atoms with Gasteiger partial charge in [0, 0.05) is 61.3 Å². The van der Waals surface area contributed by atoms with Crippen molar-refractivity contribution in [2.75, 3.05) is 73.4 Å². The maximum absolute atomic E-state index is 13.5. The molecule has 300 valence electrons. The van der Waals surface area contributed by atoms with Crippen LogP contribution in [0.25, 0.3) is 10.8 Å². The Labute approximate surface area is 332 Å². The SMILES string of the molecule is COc1c(NC(=O)Nc2ccc(Oc3ccnc(NCc4cccc(C(=O)NCCN5CCOCC5)c4)n3)c3ccccc23)cc(C(C)(C)C)cc1NS(C)(=O)=O. The lowest BCUT2D eigenvalue weighted by Gasteiger charge is -2.26. The molecule has 0 radical (unpaired) electrons. The minimum Gasteiger partial charge on any atom is -0.492 e. The molecule has 1 aliphatic heterocycles. The van der Waals surface area contributed by atoms with Gasteiger partial charge in [0.1, 0.15) is 5.75 Å². The number of sulfonamides is 1. The number of rotatable bonds is 14. The fraction of sp³-hybridized carbons (Fsp3) is 0.317. The van der Waals surface area contributed by atoms with Gasteiger partial charge in [-0.1, -0.05) is 57.2 Å². The summed E-state index contributed by atoms with van der Waals surface area (Å²) in [7, 11) is -2.24. The number of hydrogen-bond donors (Lipinski definition) is 5. The second kappa shape index (κ2) is 17.9. The highest BCUT2D eigenvalue weighted by Gasteiger charge is 2.23. The zero-order valence-electron chi connectivity index (χ0n) is 32.6. The number of hydrogen-bond acceptors (Lipinski definition) is 11. The minimum atomic E-state index is -3.64. The van der Waals surface area contributed by atoms with E-state index in [9.17, 15) is 18.0 Å². The number of nitrogens with one attached hydrogen (secondary N) is 5. The fourth-order valence-electron chi connectivity index (χ4n) is 6.25. The Morgan fingerprint density at radius 3 is 2.37 bits per heavy atom. The molecule has 0 unspecified atom stereocenters. The summed E-state index contributed by atoms with van der Waals surface area (Å²) in [4.78, 5) is 37.5. The predicted octanol–water partition coefficient (Wildman–Crippen LogP) is 6.42. The Kier molecular flexibility index (Phi) is 12.8. The van der Waals surface area contributed by atoms with Crippen LogP contribution in [0.4, 0.5) is 27.8 Å². The Bertz CT molecular complexity index is 2340. The number of amides is 3. The average Bonchev–Trinajstić information content (AvgIpc) is 3.17. The Balaban J connectivity index is 1.12. The van der Waals surface area contributed by atoms with Gasteiger partial charge in [0.15, 0.2) is 5.75 Å². The molecule has 5 N–H and O–H groups in total. The van der Waals surface area contributed by atoms with E-state index in [1.807, 2.05) is 63.2 Å². The van der Waals surface area contributed by atoms with Crippen molar-refractivity contribution in [2.45, 2.75) is 32.7 Å². The van der Waals surface area contributed by atoms with Gasteiger partial charge in [0.05, 0.1) is 43.6 Å². The number of anilines is 4. The number of carbonyl (C=O) groups excluding carboxylic acids is 2. The Hall–Kier alpha value is -5.97. The fourth-order valence-corrected chi connectivity index (χ4v) is 6.80. The topological polar surface area (TPSA) is 185 Å². The van der Waals surface area contributed by atoms with Gasteiger partial charge < -0.3 is 35.5 Å². The maximum atomic E-state index is 13.5. The number of aromatic nitrogens is 2. The summed E-state index contributed by atoms with van der Waals surface area (Å²) in [6, 6.07) is 22.8. The quantitative estimate of drug-likeness (QED) is 0.0836. The third-order valence-corrected chi connectivity index (χ3v) is 9.73. The molecule has 1 aliphatic rings. The van der Waals surface area contributed by atoms with Gasteiger partial charge in [0.25, 0.3) is 5.91 Å². The van der Waals surface area contributed by atoms with Crippen molar-refractivity contribution >= 4 is 55.7 Å². The lowest BCUT2D eigenvalue weighted by molar-refractivity contribution is 0.0383. The molecule has 16 heteroatoms. The van der Waals surface area contributed by atoms with Gasteiger partial charge in [-0.25, -0.2) is 18.2 Å². The van der Waals surface area contributed by atoms with Crippen LogP contribution < -0.4 is 35.5 Å². The average molecular weight is 797 g/mol. The van der Waals surface area contributed by atoms with Crippen LogP contribution in [0, 0.1) is 0 Å². The molecule has 1 aromatic heterocycles. The summed E-state index contributed by atoms with van der Waals surface area (Å²) >= 11 is 0. The summed E-state index contributed by atoms with van der Waals surface area (Å²) in [5, 5.41) is 13.4. The molecule has 15 nitrogen and oxygen atoms in total. The molecule has 1 fully saturated rings. The number of carbonyl (C=O) groups is 2. The van der Waals surface area contributed by atoms with Gasteiger partial charge in [-0.2, -0.15) is 4.98 Å². The molecule has 2 heterocycles. The Morgan fingerprint density at radius 2 is 1.63 bits per heavy atom. The van der Waals surface area contributed by atoms with Gasteiger partial charge in [-0.05, 0) is 52.9 Å². The first-order valence-corrected chi connectivity index (χ1v) is 20.4. The summed E-state index contributed by atoms with van der Waals surface area (Å²) in [6.45, 7) is 10.8. The number of morpholine rings is 1. The number of ether oxygens (including phenoxy) is 3. The van der Waals surface area contributed by atoms with Crippen molar-refractivity contribution in [1.82, 2.24) is 20.2 Å². The minimum absolute atomic E-state index is 0.130. The van der Waals surface area contributed by atoms with E-state index in [1.165, 1.54) is 7.11 Å². The van der Waals surface area contributed by atoms with E-state index < -0.39 is 16.1 Å². The van der Waals surface area contributed by atoms with Crippen molar-refractivity contribution in [3.05, 3.63) is 102 Å². The van der Waals surface area contributed by atoms with E-state index >= 15 is 0 Å². The molecule has 0 aliphatic carbocycles. The van der Waals surface area contributed by atoms with Crippen LogP contribution in [0.3, 0.4) is 0 Å². The van der Waals surface area contributed by atoms with Crippen molar-refractivity contribution < 1.29 is 32.2 Å². The van der Waals surface area contributed by atoms with E-state index in [0.717, 1.165) is 55.6 Å². The summed E-state index contributed by atoms with van der Waals surface area (Å²) < 4.78 is 44.0. The zero-order valence-corrected chi connectivity index (χ0v) is 33.5. The molecule has 4 aromatic carbocycles. The first kappa shape index (κ1) is 40.7. The van der Waals surface area contributed by atoms with E-state index in [2.05, 4.69) is 40.9 Å². The third-order valence-electron chi connectivity index (χ3n) is 9.14. The molecule has 0 saturated carbocycles. The van der Waals surface area contributed by atoms with Crippen LogP contribution in [0.2, 0.25) is 0 Å². The smallest absolute Gasteiger partial charge is 0.323 e. The standard InChI is InChI=1S/C41H48N8O7S/c1-41(2,3)29-24-33(37(54-4)34(25-29)48-57(5,52)53)46-40(51)45-32-13-14-35(31-12-7-6-11-30(31)32)56-36-15-16-43-39(47-36)44-26-27-9-8-10-28(23-27)38(50)42-17-18-49-19-21-55-22-20-49/h6-16,23-25,48H,17-22,26H2,1-5H3,(H,42,50)(H,43,44,47)(H2,45,46,51). The van der Waals surface area contributed by atoms with Crippen LogP contribution >= 0.6 is 0 Å². The monoisotopic (exact) mass is 796 g/mol. The van der Waals surface area contributed by atoms with E-state index in [-0.39, 0.29) is 22.8 Å². The van der Waals surface area contributed by atoms with Gasteiger partial charge in [-0.3, -0.25) is 14.4 Å². The zero-order chi connectivity index (χ0) is 40.6. The van der Waals surface area contributed by atoms with E-state index in [0.29, 0.717) is 53.0 Å². The normalized spacial score (nSPS) is 13.4.